The van der Waals surface area contributed by atoms with E-state index >= 15 is 0 Å². The highest BCUT2D eigenvalue weighted by Gasteiger charge is 2.33. The van der Waals surface area contributed by atoms with E-state index in [2.05, 4.69) is 25.5 Å². The number of hydrogen-bond donors (Lipinski definition) is 1. The first-order valence-corrected chi connectivity index (χ1v) is 10.3. The number of nitrogens with one attached hydrogen (secondary N) is 1. The molecule has 1 unspecified atom stereocenters. The second-order valence-electron chi connectivity index (χ2n) is 7.58. The molecule has 6 nitrogen and oxygen atoms in total. The predicted octanol–water partition coefficient (Wildman–Crippen LogP) is 3.29. The lowest BCUT2D eigenvalue weighted by molar-refractivity contribution is 0.143. The SMILES string of the molecule is CC(C)(C)c1ccc(N2CC(CNS(=O)(=O)c3ccccc3)OC2=O)cc1. The number of benzene rings is 2. The Hall–Kier alpha value is -2.38. The first kappa shape index (κ1) is 19.4. The summed E-state index contributed by atoms with van der Waals surface area (Å²) in [6.45, 7) is 6.70. The van der Waals surface area contributed by atoms with Gasteiger partial charge in [0.1, 0.15) is 6.10 Å². The van der Waals surface area contributed by atoms with Crippen LogP contribution in [0.4, 0.5) is 10.5 Å². The number of rotatable bonds is 5. The van der Waals surface area contributed by atoms with Crippen molar-refractivity contribution in [3.05, 3.63) is 60.2 Å². The summed E-state index contributed by atoms with van der Waals surface area (Å²) >= 11 is 0. The lowest BCUT2D eigenvalue weighted by Crippen LogP contribution is -2.34. The molecule has 1 fully saturated rings. The van der Waals surface area contributed by atoms with Gasteiger partial charge in [0, 0.05) is 12.2 Å². The van der Waals surface area contributed by atoms with E-state index in [1.165, 1.54) is 22.6 Å². The van der Waals surface area contributed by atoms with Crippen molar-refractivity contribution in [2.45, 2.75) is 37.2 Å². The van der Waals surface area contributed by atoms with Crippen LogP contribution in [0.2, 0.25) is 0 Å². The minimum absolute atomic E-state index is 0.0273. The van der Waals surface area contributed by atoms with Gasteiger partial charge in [-0.15, -0.1) is 0 Å². The third-order valence-corrected chi connectivity index (χ3v) is 5.91. The molecule has 0 aromatic heterocycles. The van der Waals surface area contributed by atoms with E-state index in [1.54, 1.807) is 18.2 Å². The van der Waals surface area contributed by atoms with Crippen LogP contribution in [0.1, 0.15) is 26.3 Å². The smallest absolute Gasteiger partial charge is 0.414 e. The fourth-order valence-electron chi connectivity index (χ4n) is 2.87. The van der Waals surface area contributed by atoms with Gasteiger partial charge >= 0.3 is 6.09 Å². The van der Waals surface area contributed by atoms with E-state index in [-0.39, 0.29) is 16.9 Å². The molecule has 1 aliphatic rings. The van der Waals surface area contributed by atoms with Crippen LogP contribution in [-0.4, -0.2) is 33.7 Å². The molecule has 144 valence electrons. The molecule has 0 bridgehead atoms. The van der Waals surface area contributed by atoms with E-state index < -0.39 is 22.2 Å². The summed E-state index contributed by atoms with van der Waals surface area (Å²) in [7, 11) is -3.63. The number of sulfonamides is 1. The Kier molecular flexibility index (Phi) is 5.26. The minimum Gasteiger partial charge on any atom is -0.443 e. The molecule has 1 heterocycles. The highest BCUT2D eigenvalue weighted by molar-refractivity contribution is 7.89. The monoisotopic (exact) mass is 388 g/mol. The Labute approximate surface area is 160 Å². The number of cyclic esters (lactones) is 1. The van der Waals surface area contributed by atoms with Gasteiger partial charge in [0.2, 0.25) is 10.0 Å². The van der Waals surface area contributed by atoms with Gasteiger partial charge < -0.3 is 4.74 Å². The molecule has 2 aromatic carbocycles. The Morgan fingerprint density at radius 2 is 1.70 bits per heavy atom. The molecule has 0 aliphatic carbocycles. The maximum absolute atomic E-state index is 12.3. The largest absolute Gasteiger partial charge is 0.443 e. The van der Waals surface area contributed by atoms with Crippen LogP contribution in [-0.2, 0) is 20.2 Å². The first-order valence-electron chi connectivity index (χ1n) is 8.80. The Morgan fingerprint density at radius 3 is 2.30 bits per heavy atom. The fourth-order valence-corrected chi connectivity index (χ4v) is 3.95. The fraction of sp³-hybridized carbons (Fsp3) is 0.350. The zero-order valence-corrected chi connectivity index (χ0v) is 16.5. The van der Waals surface area contributed by atoms with Gasteiger partial charge in [-0.05, 0) is 35.2 Å². The molecule has 1 aliphatic heterocycles. The Balaban J connectivity index is 1.64. The molecule has 0 saturated carbocycles. The van der Waals surface area contributed by atoms with Crippen LogP contribution in [0.3, 0.4) is 0 Å². The maximum atomic E-state index is 12.3. The number of anilines is 1. The Morgan fingerprint density at radius 1 is 1.07 bits per heavy atom. The van der Waals surface area contributed by atoms with Crippen LogP contribution in [0, 0.1) is 0 Å². The highest BCUT2D eigenvalue weighted by atomic mass is 32.2. The van der Waals surface area contributed by atoms with Crippen LogP contribution in [0.5, 0.6) is 0 Å². The average Bonchev–Trinajstić information content (AvgIpc) is 3.01. The van der Waals surface area contributed by atoms with Gasteiger partial charge in [0.25, 0.3) is 0 Å². The van der Waals surface area contributed by atoms with Crippen molar-refractivity contribution < 1.29 is 17.9 Å². The van der Waals surface area contributed by atoms with Crippen molar-refractivity contribution in [1.82, 2.24) is 4.72 Å². The molecule has 7 heteroatoms. The van der Waals surface area contributed by atoms with Crippen molar-refractivity contribution in [3.8, 4) is 0 Å². The van der Waals surface area contributed by atoms with Crippen molar-refractivity contribution in [2.24, 2.45) is 0 Å². The average molecular weight is 388 g/mol. The molecule has 27 heavy (non-hydrogen) atoms. The topological polar surface area (TPSA) is 75.7 Å². The first-order chi connectivity index (χ1) is 12.7. The second-order valence-corrected chi connectivity index (χ2v) is 9.35. The third kappa shape index (κ3) is 4.48. The molecule has 3 rings (SSSR count). The number of hydrogen-bond acceptors (Lipinski definition) is 4. The second kappa shape index (κ2) is 7.32. The zero-order chi connectivity index (χ0) is 19.7. The summed E-state index contributed by atoms with van der Waals surface area (Å²) in [4.78, 5) is 13.9. The van der Waals surface area contributed by atoms with E-state index in [0.717, 1.165) is 5.69 Å². The van der Waals surface area contributed by atoms with Crippen LogP contribution < -0.4 is 9.62 Å². The maximum Gasteiger partial charge on any atom is 0.414 e. The van der Waals surface area contributed by atoms with Crippen molar-refractivity contribution >= 4 is 21.8 Å². The molecule has 1 amide bonds. The van der Waals surface area contributed by atoms with Gasteiger partial charge in [-0.3, -0.25) is 4.90 Å². The summed E-state index contributed by atoms with van der Waals surface area (Å²) < 4.78 is 32.4. The molecule has 2 aromatic rings. The van der Waals surface area contributed by atoms with Gasteiger partial charge in [-0.2, -0.15) is 0 Å². The van der Waals surface area contributed by atoms with Crippen LogP contribution in [0.25, 0.3) is 0 Å². The van der Waals surface area contributed by atoms with Crippen molar-refractivity contribution in [2.75, 3.05) is 18.0 Å². The molecule has 1 saturated heterocycles. The molecular formula is C20H24N2O4S. The summed E-state index contributed by atoms with van der Waals surface area (Å²) in [5, 5.41) is 0. The van der Waals surface area contributed by atoms with Gasteiger partial charge in [0.15, 0.2) is 0 Å². The van der Waals surface area contributed by atoms with Gasteiger partial charge in [-0.1, -0.05) is 51.1 Å². The van der Waals surface area contributed by atoms with Crippen molar-refractivity contribution in [1.29, 1.82) is 0 Å². The van der Waals surface area contributed by atoms with Crippen LogP contribution in [0.15, 0.2) is 59.5 Å². The lowest BCUT2D eigenvalue weighted by Gasteiger charge is -2.20. The summed E-state index contributed by atoms with van der Waals surface area (Å²) in [6.07, 6.45) is -1.01. The number of carbonyl (C=O) groups excluding carboxylic acids is 1. The lowest BCUT2D eigenvalue weighted by atomic mass is 9.87. The normalized spacial score (nSPS) is 17.8. The zero-order valence-electron chi connectivity index (χ0n) is 15.7. The summed E-state index contributed by atoms with van der Waals surface area (Å²) in [5.74, 6) is 0. The summed E-state index contributed by atoms with van der Waals surface area (Å²) in [5.41, 5.74) is 1.94. The van der Waals surface area contributed by atoms with E-state index in [9.17, 15) is 13.2 Å². The van der Waals surface area contributed by atoms with Gasteiger partial charge in [0.05, 0.1) is 11.4 Å². The number of nitrogens with zero attached hydrogens (tertiary/aromatic N) is 1. The number of amides is 1. The van der Waals surface area contributed by atoms with E-state index in [0.29, 0.717) is 6.54 Å². The number of carbonyl (C=O) groups is 1. The third-order valence-electron chi connectivity index (χ3n) is 4.47. The molecular weight excluding hydrogens is 364 g/mol. The molecule has 0 spiro atoms. The standard InChI is InChI=1S/C20H24N2O4S/c1-20(2,3)15-9-11-16(12-10-15)22-14-17(26-19(22)23)13-21-27(24,25)18-7-5-4-6-8-18/h4-12,17,21H,13-14H2,1-3H3. The minimum atomic E-state index is -3.63. The van der Waals surface area contributed by atoms with E-state index in [1.807, 2.05) is 24.3 Å². The predicted molar refractivity (Wildman–Crippen MR) is 104 cm³/mol. The quantitative estimate of drug-likeness (QED) is 0.853. The molecule has 0 radical (unpaired) electrons. The number of ether oxygens (including phenoxy) is 1. The van der Waals surface area contributed by atoms with Crippen molar-refractivity contribution in [3.63, 3.8) is 0 Å². The Bertz CT molecular complexity index is 903. The van der Waals surface area contributed by atoms with E-state index in [4.69, 9.17) is 4.74 Å². The molecule has 1 N–H and O–H groups in total. The molecule has 1 atom stereocenters. The summed E-state index contributed by atoms with van der Waals surface area (Å²) in [6, 6.07) is 15.9. The highest BCUT2D eigenvalue weighted by Crippen LogP contribution is 2.27. The van der Waals surface area contributed by atoms with Gasteiger partial charge in [-0.25, -0.2) is 17.9 Å². The van der Waals surface area contributed by atoms with Crippen LogP contribution >= 0.6 is 0 Å².